The van der Waals surface area contributed by atoms with Crippen LogP contribution in [0.15, 0.2) is 54.9 Å². The highest BCUT2D eigenvalue weighted by Gasteiger charge is 2.20. The molecule has 7 heteroatoms. The number of carbonyl (C=O) groups is 1. The lowest BCUT2D eigenvalue weighted by atomic mass is 10.1. The first-order valence-corrected chi connectivity index (χ1v) is 11.3. The molecule has 7 nitrogen and oxygen atoms in total. The second-order valence-electron chi connectivity index (χ2n) is 7.97. The highest BCUT2D eigenvalue weighted by atomic mass is 16.2. The van der Waals surface area contributed by atoms with Crippen LogP contribution in [0.25, 0.3) is 11.4 Å². The van der Waals surface area contributed by atoms with Gasteiger partial charge in [-0.1, -0.05) is 26.0 Å². The Morgan fingerprint density at radius 1 is 0.969 bits per heavy atom. The molecule has 3 heterocycles. The molecule has 2 aromatic heterocycles. The van der Waals surface area contributed by atoms with E-state index in [1.54, 1.807) is 12.4 Å². The van der Waals surface area contributed by atoms with Crippen LogP contribution in [0, 0.1) is 0 Å². The number of aryl methyl sites for hydroxylation is 1. The molecular weight excluding hydrogens is 400 g/mol. The number of rotatable bonds is 7. The molecular formula is C25H30N6O. The minimum atomic E-state index is 0.201. The maximum Gasteiger partial charge on any atom is 0.227 e. The van der Waals surface area contributed by atoms with Crippen molar-refractivity contribution in [3.05, 3.63) is 66.1 Å². The largest absolute Gasteiger partial charge is 0.340 e. The third-order valence-corrected chi connectivity index (χ3v) is 5.83. The van der Waals surface area contributed by atoms with Crippen LogP contribution in [-0.4, -0.2) is 63.4 Å². The van der Waals surface area contributed by atoms with Gasteiger partial charge in [-0.05, 0) is 42.8 Å². The molecule has 1 amide bonds. The maximum atomic E-state index is 12.7. The van der Waals surface area contributed by atoms with Gasteiger partial charge in [0, 0.05) is 61.6 Å². The van der Waals surface area contributed by atoms with Gasteiger partial charge in [0.05, 0.1) is 6.42 Å². The van der Waals surface area contributed by atoms with Crippen LogP contribution in [0.4, 0.5) is 11.5 Å². The number of nitrogens with zero attached hydrogens (tertiary/aromatic N) is 5. The molecule has 0 radical (unpaired) electrons. The van der Waals surface area contributed by atoms with Crippen LogP contribution >= 0.6 is 0 Å². The van der Waals surface area contributed by atoms with Gasteiger partial charge in [0.2, 0.25) is 5.91 Å². The molecule has 1 aromatic carbocycles. The molecule has 1 saturated heterocycles. The smallest absolute Gasteiger partial charge is 0.227 e. The highest BCUT2D eigenvalue weighted by molar-refractivity contribution is 5.79. The minimum absolute atomic E-state index is 0.201. The van der Waals surface area contributed by atoms with Crippen LogP contribution in [0.3, 0.4) is 0 Å². The number of carbonyl (C=O) groups excluding carboxylic acids is 1. The molecule has 32 heavy (non-hydrogen) atoms. The fraction of sp³-hybridized carbons (Fsp3) is 0.360. The van der Waals surface area contributed by atoms with Gasteiger partial charge >= 0.3 is 0 Å². The Labute approximate surface area is 189 Å². The molecule has 0 bridgehead atoms. The van der Waals surface area contributed by atoms with Gasteiger partial charge in [0.1, 0.15) is 5.82 Å². The van der Waals surface area contributed by atoms with Crippen molar-refractivity contribution in [2.75, 3.05) is 38.0 Å². The van der Waals surface area contributed by atoms with Gasteiger partial charge in [-0.15, -0.1) is 0 Å². The van der Waals surface area contributed by atoms with Crippen LogP contribution in [0.5, 0.6) is 0 Å². The lowest BCUT2D eigenvalue weighted by Crippen LogP contribution is -2.48. The first-order chi connectivity index (χ1) is 15.6. The van der Waals surface area contributed by atoms with E-state index in [4.69, 9.17) is 0 Å². The van der Waals surface area contributed by atoms with Crippen molar-refractivity contribution in [1.82, 2.24) is 24.8 Å². The zero-order valence-corrected chi connectivity index (χ0v) is 18.8. The number of amides is 1. The maximum absolute atomic E-state index is 12.7. The summed E-state index contributed by atoms with van der Waals surface area (Å²) in [6.45, 7) is 8.86. The van der Waals surface area contributed by atoms with E-state index < -0.39 is 0 Å². The SMILES string of the molecule is CCc1cc(Nc2ccc(CC(=O)N3CCN(CC)CC3)cc2)nc(-c2ccncc2)n1. The predicted octanol–water partition coefficient (Wildman–Crippen LogP) is 3.55. The number of hydrogen-bond donors (Lipinski definition) is 1. The third-order valence-electron chi connectivity index (χ3n) is 5.83. The van der Waals surface area contributed by atoms with Crippen molar-refractivity contribution < 1.29 is 4.79 Å². The quantitative estimate of drug-likeness (QED) is 0.618. The number of hydrogen-bond acceptors (Lipinski definition) is 6. The number of pyridine rings is 1. The second-order valence-corrected chi connectivity index (χ2v) is 7.97. The Bertz CT molecular complexity index is 1030. The molecule has 0 aliphatic carbocycles. The van der Waals surface area contributed by atoms with E-state index in [1.807, 2.05) is 47.4 Å². The molecule has 1 fully saturated rings. The van der Waals surface area contributed by atoms with Gasteiger partial charge in [-0.2, -0.15) is 0 Å². The zero-order valence-electron chi connectivity index (χ0n) is 18.8. The number of aromatic nitrogens is 3. The molecule has 0 atom stereocenters. The van der Waals surface area contributed by atoms with E-state index in [9.17, 15) is 4.79 Å². The number of likely N-dealkylation sites (N-methyl/N-ethyl adjacent to an activating group) is 1. The van der Waals surface area contributed by atoms with E-state index in [0.717, 1.165) is 67.5 Å². The highest BCUT2D eigenvalue weighted by Crippen LogP contribution is 2.21. The molecule has 1 N–H and O–H groups in total. The summed E-state index contributed by atoms with van der Waals surface area (Å²) in [5.74, 6) is 1.63. The van der Waals surface area contributed by atoms with Gasteiger partial charge in [0.15, 0.2) is 5.82 Å². The van der Waals surface area contributed by atoms with Gasteiger partial charge in [0.25, 0.3) is 0 Å². The molecule has 0 saturated carbocycles. The Kier molecular flexibility index (Phi) is 7.07. The second kappa shape index (κ2) is 10.3. The van der Waals surface area contributed by atoms with E-state index in [1.165, 1.54) is 0 Å². The summed E-state index contributed by atoms with van der Waals surface area (Å²) >= 11 is 0. The number of nitrogens with one attached hydrogen (secondary N) is 1. The predicted molar refractivity (Wildman–Crippen MR) is 127 cm³/mol. The number of anilines is 2. The molecule has 166 valence electrons. The molecule has 4 rings (SSSR count). The Hall–Kier alpha value is -3.32. The van der Waals surface area contributed by atoms with Gasteiger partial charge in [-0.3, -0.25) is 9.78 Å². The van der Waals surface area contributed by atoms with Crippen molar-refractivity contribution in [2.24, 2.45) is 0 Å². The van der Waals surface area contributed by atoms with E-state index in [2.05, 4.69) is 39.0 Å². The van der Waals surface area contributed by atoms with Crippen LogP contribution < -0.4 is 5.32 Å². The average Bonchev–Trinajstić information content (AvgIpc) is 2.85. The monoisotopic (exact) mass is 430 g/mol. The fourth-order valence-corrected chi connectivity index (χ4v) is 3.83. The summed E-state index contributed by atoms with van der Waals surface area (Å²) in [4.78, 5) is 30.4. The zero-order chi connectivity index (χ0) is 22.3. The van der Waals surface area contributed by atoms with Crippen LogP contribution in [0.1, 0.15) is 25.1 Å². The molecule has 0 spiro atoms. The Morgan fingerprint density at radius 2 is 1.69 bits per heavy atom. The average molecular weight is 431 g/mol. The Balaban J connectivity index is 1.41. The molecule has 1 aliphatic rings. The summed E-state index contributed by atoms with van der Waals surface area (Å²) in [6.07, 6.45) is 4.75. The summed E-state index contributed by atoms with van der Waals surface area (Å²) in [5, 5.41) is 3.38. The topological polar surface area (TPSA) is 74.2 Å². The minimum Gasteiger partial charge on any atom is -0.340 e. The Morgan fingerprint density at radius 3 is 2.34 bits per heavy atom. The van der Waals surface area contributed by atoms with Crippen molar-refractivity contribution >= 4 is 17.4 Å². The summed E-state index contributed by atoms with van der Waals surface area (Å²) in [6, 6.07) is 13.8. The lowest BCUT2D eigenvalue weighted by molar-refractivity contribution is -0.132. The first-order valence-electron chi connectivity index (χ1n) is 11.3. The van der Waals surface area contributed by atoms with Gasteiger partial charge < -0.3 is 15.1 Å². The number of benzene rings is 1. The summed E-state index contributed by atoms with van der Waals surface area (Å²) in [7, 11) is 0. The van der Waals surface area contributed by atoms with Crippen LogP contribution in [0.2, 0.25) is 0 Å². The molecule has 3 aromatic rings. The van der Waals surface area contributed by atoms with Crippen molar-refractivity contribution in [3.63, 3.8) is 0 Å². The van der Waals surface area contributed by atoms with Gasteiger partial charge in [-0.25, -0.2) is 9.97 Å². The number of piperazine rings is 1. The van der Waals surface area contributed by atoms with Crippen molar-refractivity contribution in [3.8, 4) is 11.4 Å². The lowest BCUT2D eigenvalue weighted by Gasteiger charge is -2.34. The normalized spacial score (nSPS) is 14.4. The van der Waals surface area contributed by atoms with E-state index >= 15 is 0 Å². The van der Waals surface area contributed by atoms with E-state index in [0.29, 0.717) is 12.2 Å². The van der Waals surface area contributed by atoms with E-state index in [-0.39, 0.29) is 5.91 Å². The standard InChI is InChI=1S/C25H30N6O/c1-3-21-18-23(29-25(28-21)20-9-11-26-12-10-20)27-22-7-5-19(6-8-22)17-24(32)31-15-13-30(4-2)14-16-31/h5-12,18H,3-4,13-17H2,1-2H3,(H,27,28,29). The summed E-state index contributed by atoms with van der Waals surface area (Å²) in [5.41, 5.74) is 3.86. The molecule has 1 aliphatic heterocycles. The van der Waals surface area contributed by atoms with Crippen LogP contribution in [-0.2, 0) is 17.6 Å². The fourth-order valence-electron chi connectivity index (χ4n) is 3.83. The molecule has 0 unspecified atom stereocenters. The summed E-state index contributed by atoms with van der Waals surface area (Å²) < 4.78 is 0. The van der Waals surface area contributed by atoms with Crippen molar-refractivity contribution in [2.45, 2.75) is 26.7 Å². The third kappa shape index (κ3) is 5.48. The van der Waals surface area contributed by atoms with Crippen molar-refractivity contribution in [1.29, 1.82) is 0 Å². The first kappa shape index (κ1) is 21.9.